The molecular weight excluding hydrogens is 275 g/mol. The van der Waals surface area contributed by atoms with Gasteiger partial charge in [0.25, 0.3) is 5.91 Å². The Balaban J connectivity index is 2.54. The molecule has 1 amide bonds. The fourth-order valence-corrected chi connectivity index (χ4v) is 1.74. The largest absolute Gasteiger partial charge is 0.480 e. The number of hydrogen-bond donors (Lipinski definition) is 2. The minimum absolute atomic E-state index is 0.128. The highest BCUT2D eigenvalue weighted by molar-refractivity contribution is 5.77. The predicted molar refractivity (Wildman–Crippen MR) is 78.8 cm³/mol. The second-order valence-corrected chi connectivity index (χ2v) is 4.54. The van der Waals surface area contributed by atoms with Crippen LogP contribution in [0, 0.1) is 5.82 Å². The summed E-state index contributed by atoms with van der Waals surface area (Å²) >= 11 is 0. The lowest BCUT2D eigenvalue weighted by molar-refractivity contribution is -0.123. The molecule has 0 atom stereocenters. The molecule has 0 aliphatic rings. The molecule has 0 aliphatic heterocycles. The van der Waals surface area contributed by atoms with Crippen molar-refractivity contribution in [3.63, 3.8) is 0 Å². The normalized spacial score (nSPS) is 10.4. The van der Waals surface area contributed by atoms with E-state index in [1.165, 1.54) is 6.07 Å². The summed E-state index contributed by atoms with van der Waals surface area (Å²) in [6.45, 7) is 4.02. The third-order valence-electron chi connectivity index (χ3n) is 2.77. The Hall–Kier alpha value is -1.66. The lowest BCUT2D eigenvalue weighted by Crippen LogP contribution is -2.31. The molecule has 1 rings (SSSR count). The quantitative estimate of drug-likeness (QED) is 0.642. The van der Waals surface area contributed by atoms with E-state index in [4.69, 9.17) is 9.47 Å². The maximum Gasteiger partial charge on any atom is 0.258 e. The van der Waals surface area contributed by atoms with Crippen molar-refractivity contribution in [2.75, 3.05) is 33.4 Å². The van der Waals surface area contributed by atoms with Crippen molar-refractivity contribution in [1.29, 1.82) is 0 Å². The van der Waals surface area contributed by atoms with Crippen LogP contribution in [-0.4, -0.2) is 39.3 Å². The molecule has 0 aromatic heterocycles. The van der Waals surface area contributed by atoms with Gasteiger partial charge in [0.15, 0.2) is 18.2 Å². The summed E-state index contributed by atoms with van der Waals surface area (Å²) in [5.41, 5.74) is 0.702. The van der Waals surface area contributed by atoms with E-state index in [-0.39, 0.29) is 18.3 Å². The highest BCUT2D eigenvalue weighted by Crippen LogP contribution is 2.22. The van der Waals surface area contributed by atoms with Gasteiger partial charge in [-0.2, -0.15) is 0 Å². The lowest BCUT2D eigenvalue weighted by Gasteiger charge is -2.13. The van der Waals surface area contributed by atoms with Crippen LogP contribution in [0.2, 0.25) is 0 Å². The summed E-state index contributed by atoms with van der Waals surface area (Å²) in [6.07, 6.45) is 0.993. The number of ether oxygens (including phenoxy) is 2. The number of hydrogen-bond acceptors (Lipinski definition) is 4. The van der Waals surface area contributed by atoms with Crippen molar-refractivity contribution in [2.45, 2.75) is 19.9 Å². The average molecular weight is 298 g/mol. The molecule has 0 fully saturated rings. The lowest BCUT2D eigenvalue weighted by atomic mass is 10.2. The van der Waals surface area contributed by atoms with E-state index in [1.54, 1.807) is 19.2 Å². The number of para-hydroxylation sites is 1. The Morgan fingerprint density at radius 3 is 2.86 bits per heavy atom. The molecule has 0 aliphatic carbocycles. The fourth-order valence-electron chi connectivity index (χ4n) is 1.74. The van der Waals surface area contributed by atoms with Crippen LogP contribution in [0.15, 0.2) is 18.2 Å². The van der Waals surface area contributed by atoms with Crippen LogP contribution in [-0.2, 0) is 16.1 Å². The van der Waals surface area contributed by atoms with Gasteiger partial charge >= 0.3 is 0 Å². The Morgan fingerprint density at radius 2 is 2.14 bits per heavy atom. The summed E-state index contributed by atoms with van der Waals surface area (Å²) in [6, 6.07) is 4.73. The van der Waals surface area contributed by atoms with E-state index >= 15 is 0 Å². The Bertz CT molecular complexity index is 441. The van der Waals surface area contributed by atoms with Crippen molar-refractivity contribution in [2.24, 2.45) is 0 Å². The monoisotopic (exact) mass is 298 g/mol. The maximum atomic E-state index is 13.8. The summed E-state index contributed by atoms with van der Waals surface area (Å²) < 4.78 is 24.0. The standard InChI is InChI=1S/C15H23FN2O3/c1-3-7-17-10-12-5-4-6-13(16)15(12)21-11-14(19)18-8-9-20-2/h4-6,17H,3,7-11H2,1-2H3,(H,18,19). The molecule has 5 nitrogen and oxygen atoms in total. The number of benzene rings is 1. The van der Waals surface area contributed by atoms with Gasteiger partial charge in [0, 0.05) is 25.8 Å². The van der Waals surface area contributed by atoms with Crippen LogP contribution in [0.5, 0.6) is 5.75 Å². The van der Waals surface area contributed by atoms with Crippen LogP contribution < -0.4 is 15.4 Å². The molecule has 0 spiro atoms. The zero-order valence-electron chi connectivity index (χ0n) is 12.6. The minimum Gasteiger partial charge on any atom is -0.480 e. The number of nitrogens with one attached hydrogen (secondary N) is 2. The van der Waals surface area contributed by atoms with Crippen LogP contribution in [0.1, 0.15) is 18.9 Å². The van der Waals surface area contributed by atoms with Crippen molar-refractivity contribution in [1.82, 2.24) is 10.6 Å². The number of halogens is 1. The molecule has 0 bridgehead atoms. The fraction of sp³-hybridized carbons (Fsp3) is 0.533. The van der Waals surface area contributed by atoms with Gasteiger partial charge < -0.3 is 20.1 Å². The highest BCUT2D eigenvalue weighted by atomic mass is 19.1. The average Bonchev–Trinajstić information content (AvgIpc) is 2.47. The van der Waals surface area contributed by atoms with Crippen molar-refractivity contribution >= 4 is 5.91 Å². The molecule has 0 saturated heterocycles. The first-order chi connectivity index (χ1) is 10.2. The van der Waals surface area contributed by atoms with Gasteiger partial charge in [-0.05, 0) is 19.0 Å². The van der Waals surface area contributed by atoms with E-state index in [9.17, 15) is 9.18 Å². The van der Waals surface area contributed by atoms with Gasteiger partial charge in [-0.25, -0.2) is 4.39 Å². The summed E-state index contributed by atoms with van der Waals surface area (Å²) in [4.78, 5) is 11.5. The maximum absolute atomic E-state index is 13.8. The molecule has 0 heterocycles. The Labute approximate surface area is 124 Å². The van der Waals surface area contributed by atoms with E-state index in [2.05, 4.69) is 17.6 Å². The van der Waals surface area contributed by atoms with Gasteiger partial charge in [0.05, 0.1) is 6.61 Å². The first kappa shape index (κ1) is 17.4. The molecule has 0 saturated carbocycles. The molecule has 21 heavy (non-hydrogen) atoms. The molecule has 2 N–H and O–H groups in total. The minimum atomic E-state index is -0.463. The zero-order valence-corrected chi connectivity index (χ0v) is 12.6. The molecule has 118 valence electrons. The molecular formula is C15H23FN2O3. The first-order valence-corrected chi connectivity index (χ1v) is 7.05. The van der Waals surface area contributed by atoms with Gasteiger partial charge in [0.1, 0.15) is 0 Å². The number of rotatable bonds is 10. The Morgan fingerprint density at radius 1 is 1.33 bits per heavy atom. The van der Waals surface area contributed by atoms with Gasteiger partial charge in [-0.1, -0.05) is 19.1 Å². The third-order valence-corrected chi connectivity index (χ3v) is 2.77. The predicted octanol–water partition coefficient (Wildman–Crippen LogP) is 1.47. The van der Waals surface area contributed by atoms with Crippen LogP contribution in [0.4, 0.5) is 4.39 Å². The Kier molecular flexibility index (Phi) is 8.38. The smallest absolute Gasteiger partial charge is 0.258 e. The molecule has 1 aromatic rings. The number of methoxy groups -OCH3 is 1. The van der Waals surface area contributed by atoms with Crippen molar-refractivity contribution in [3.8, 4) is 5.75 Å². The number of amides is 1. The van der Waals surface area contributed by atoms with Crippen LogP contribution in [0.3, 0.4) is 0 Å². The third kappa shape index (κ3) is 6.55. The van der Waals surface area contributed by atoms with Gasteiger partial charge in [0.2, 0.25) is 0 Å². The molecule has 0 unspecified atom stereocenters. The van der Waals surface area contributed by atoms with E-state index in [0.717, 1.165) is 13.0 Å². The number of carbonyl (C=O) groups is 1. The van der Waals surface area contributed by atoms with Crippen LogP contribution in [0.25, 0.3) is 0 Å². The van der Waals surface area contributed by atoms with Crippen molar-refractivity contribution in [3.05, 3.63) is 29.6 Å². The van der Waals surface area contributed by atoms with Crippen LogP contribution >= 0.6 is 0 Å². The van der Waals surface area contributed by atoms with E-state index in [0.29, 0.717) is 25.3 Å². The highest BCUT2D eigenvalue weighted by Gasteiger charge is 2.11. The van der Waals surface area contributed by atoms with Crippen molar-refractivity contribution < 1.29 is 18.7 Å². The second-order valence-electron chi connectivity index (χ2n) is 4.54. The zero-order chi connectivity index (χ0) is 15.5. The second kappa shape index (κ2) is 10.1. The van der Waals surface area contributed by atoms with Gasteiger partial charge in [-0.3, -0.25) is 4.79 Å². The first-order valence-electron chi connectivity index (χ1n) is 7.05. The SMILES string of the molecule is CCCNCc1cccc(F)c1OCC(=O)NCCOC. The van der Waals surface area contributed by atoms with E-state index < -0.39 is 5.82 Å². The topological polar surface area (TPSA) is 59.6 Å². The summed E-state index contributed by atoms with van der Waals surface area (Å²) in [5.74, 6) is -0.638. The summed E-state index contributed by atoms with van der Waals surface area (Å²) in [7, 11) is 1.55. The molecule has 0 radical (unpaired) electrons. The summed E-state index contributed by atoms with van der Waals surface area (Å²) in [5, 5.41) is 5.80. The number of carbonyl (C=O) groups excluding carboxylic acids is 1. The molecule has 6 heteroatoms. The van der Waals surface area contributed by atoms with Gasteiger partial charge in [-0.15, -0.1) is 0 Å². The molecule has 1 aromatic carbocycles. The van der Waals surface area contributed by atoms with E-state index in [1.807, 2.05) is 0 Å².